The van der Waals surface area contributed by atoms with Crippen molar-refractivity contribution in [2.24, 2.45) is 5.92 Å². The summed E-state index contributed by atoms with van der Waals surface area (Å²) in [5.41, 5.74) is 0. The first kappa shape index (κ1) is 18.0. The van der Waals surface area contributed by atoms with Gasteiger partial charge in [-0.2, -0.15) is 0 Å². The Morgan fingerprint density at radius 2 is 1.15 bits per heavy atom. The van der Waals surface area contributed by atoms with E-state index in [-0.39, 0.29) is 19.4 Å². The van der Waals surface area contributed by atoms with Crippen LogP contribution in [0.5, 0.6) is 0 Å². The number of aliphatic hydroxyl groups excluding tert-OH is 5. The van der Waals surface area contributed by atoms with Crippen molar-refractivity contribution in [2.45, 2.75) is 44.4 Å². The quantitative estimate of drug-likeness (QED) is 0.381. The topological polar surface area (TPSA) is 137 Å². The average molecular weight is 314 g/mol. The molecular weight excluding hydrogens is 291 g/mol. The van der Waals surface area contributed by atoms with E-state index in [1.165, 1.54) is 0 Å². The second-order valence-corrected chi connectivity index (χ2v) is 6.85. The van der Waals surface area contributed by atoms with Crippen LogP contribution in [-0.4, -0.2) is 75.4 Å². The molecule has 8 nitrogen and oxygen atoms in total. The molecule has 1 rings (SSSR count). The molecule has 2 unspecified atom stereocenters. The van der Waals surface area contributed by atoms with E-state index in [2.05, 4.69) is 0 Å². The average Bonchev–Trinajstić information content (AvgIpc) is 2.40. The van der Waals surface area contributed by atoms with Crippen molar-refractivity contribution >= 4 is 7.60 Å². The van der Waals surface area contributed by atoms with Crippen LogP contribution in [0, 0.1) is 5.92 Å². The summed E-state index contributed by atoms with van der Waals surface area (Å²) in [6.07, 6.45) is -8.41. The van der Waals surface area contributed by atoms with Crippen LogP contribution in [0.3, 0.4) is 0 Å². The van der Waals surface area contributed by atoms with E-state index in [1.54, 1.807) is 13.8 Å². The van der Waals surface area contributed by atoms with Crippen LogP contribution in [0.4, 0.5) is 0 Å². The Bertz CT molecular complexity index is 325. The molecule has 1 saturated carbocycles. The third-order valence-electron chi connectivity index (χ3n) is 3.36. The van der Waals surface area contributed by atoms with Gasteiger partial charge in [0.1, 0.15) is 18.3 Å². The fourth-order valence-corrected chi connectivity index (χ4v) is 4.35. The summed E-state index contributed by atoms with van der Waals surface area (Å²) in [5, 5.41) is 48.5. The summed E-state index contributed by atoms with van der Waals surface area (Å²) < 4.78 is 22.5. The lowest BCUT2D eigenvalue weighted by atomic mass is 9.79. The first-order valence-electron chi connectivity index (χ1n) is 6.55. The second kappa shape index (κ2) is 7.29. The van der Waals surface area contributed by atoms with Gasteiger partial charge in [0, 0.05) is 5.92 Å². The summed E-state index contributed by atoms with van der Waals surface area (Å²) in [6, 6.07) is 0. The maximum Gasteiger partial charge on any atom is 0.331 e. The van der Waals surface area contributed by atoms with E-state index in [0.29, 0.717) is 0 Å². The molecule has 0 spiro atoms. The number of rotatable bonds is 6. The molecule has 9 heteroatoms. The fraction of sp³-hybridized carbons (Fsp3) is 1.00. The Morgan fingerprint density at radius 1 is 0.800 bits per heavy atom. The van der Waals surface area contributed by atoms with Crippen LogP contribution < -0.4 is 0 Å². The van der Waals surface area contributed by atoms with Gasteiger partial charge in [0.2, 0.25) is 0 Å². The molecule has 0 aromatic carbocycles. The Balaban J connectivity index is 2.90. The van der Waals surface area contributed by atoms with E-state index < -0.39 is 44.0 Å². The predicted octanol–water partition coefficient (Wildman–Crippen LogP) is -1.31. The lowest BCUT2D eigenvalue weighted by Gasteiger charge is -2.42. The molecule has 1 fully saturated rings. The second-order valence-electron chi connectivity index (χ2n) is 4.75. The van der Waals surface area contributed by atoms with Gasteiger partial charge in [-0.3, -0.25) is 4.57 Å². The number of aliphatic hydroxyl groups is 5. The molecule has 0 heterocycles. The van der Waals surface area contributed by atoms with E-state index in [1.807, 2.05) is 0 Å². The highest BCUT2D eigenvalue weighted by Crippen LogP contribution is 2.51. The van der Waals surface area contributed by atoms with Crippen molar-refractivity contribution < 1.29 is 39.1 Å². The van der Waals surface area contributed by atoms with Crippen molar-refractivity contribution in [1.29, 1.82) is 0 Å². The molecule has 0 saturated heterocycles. The van der Waals surface area contributed by atoms with E-state index in [9.17, 15) is 30.1 Å². The molecule has 0 amide bonds. The zero-order chi connectivity index (χ0) is 15.5. The molecule has 0 bridgehead atoms. The van der Waals surface area contributed by atoms with Crippen LogP contribution in [0.25, 0.3) is 0 Å². The smallest absolute Gasteiger partial charge is 0.331 e. The van der Waals surface area contributed by atoms with Crippen molar-refractivity contribution in [2.75, 3.05) is 19.4 Å². The minimum atomic E-state index is -3.56. The highest BCUT2D eigenvalue weighted by molar-refractivity contribution is 7.53. The fourth-order valence-electron chi connectivity index (χ4n) is 2.32. The SMILES string of the molecule is CCOP(=O)(CC1[C@@H](O)[C@H](O)C(O)[C@H](O)[C@@H]1O)OCC. The monoisotopic (exact) mass is 314 g/mol. The summed E-state index contributed by atoms with van der Waals surface area (Å²) in [5.74, 6) is -1.13. The van der Waals surface area contributed by atoms with Crippen molar-refractivity contribution in [3.8, 4) is 0 Å². The van der Waals surface area contributed by atoms with Gasteiger partial charge in [-0.1, -0.05) is 0 Å². The molecule has 0 radical (unpaired) electrons. The van der Waals surface area contributed by atoms with Gasteiger partial charge in [-0.15, -0.1) is 0 Å². The minimum Gasteiger partial charge on any atom is -0.390 e. The van der Waals surface area contributed by atoms with Crippen molar-refractivity contribution in [3.63, 3.8) is 0 Å². The first-order valence-corrected chi connectivity index (χ1v) is 8.28. The van der Waals surface area contributed by atoms with Gasteiger partial charge >= 0.3 is 7.60 Å². The van der Waals surface area contributed by atoms with Crippen LogP contribution in [0.15, 0.2) is 0 Å². The molecule has 0 aliphatic heterocycles. The molecular formula is C11H23O8P. The van der Waals surface area contributed by atoms with E-state index >= 15 is 0 Å². The molecule has 0 aromatic heterocycles. The highest BCUT2D eigenvalue weighted by Gasteiger charge is 2.50. The predicted molar refractivity (Wildman–Crippen MR) is 69.2 cm³/mol. The Labute approximate surface area is 117 Å². The van der Waals surface area contributed by atoms with Crippen LogP contribution in [0.1, 0.15) is 13.8 Å². The maximum absolute atomic E-state index is 12.4. The minimum absolute atomic E-state index is 0.115. The molecule has 20 heavy (non-hydrogen) atoms. The first-order chi connectivity index (χ1) is 9.27. The lowest BCUT2D eigenvalue weighted by Crippen LogP contribution is -2.61. The van der Waals surface area contributed by atoms with Crippen LogP contribution in [0.2, 0.25) is 0 Å². The third kappa shape index (κ3) is 3.78. The number of hydrogen-bond acceptors (Lipinski definition) is 8. The van der Waals surface area contributed by atoms with Crippen molar-refractivity contribution in [1.82, 2.24) is 0 Å². The van der Waals surface area contributed by atoms with Crippen molar-refractivity contribution in [3.05, 3.63) is 0 Å². The Morgan fingerprint density at radius 3 is 1.50 bits per heavy atom. The van der Waals surface area contributed by atoms with E-state index in [4.69, 9.17) is 9.05 Å². The van der Waals surface area contributed by atoms with Gasteiger partial charge < -0.3 is 34.6 Å². The normalized spacial score (nSPS) is 39.0. The van der Waals surface area contributed by atoms with Gasteiger partial charge in [-0.25, -0.2) is 0 Å². The summed E-state index contributed by atoms with van der Waals surface area (Å²) >= 11 is 0. The van der Waals surface area contributed by atoms with Gasteiger partial charge in [0.25, 0.3) is 0 Å². The summed E-state index contributed by atoms with van der Waals surface area (Å²) in [4.78, 5) is 0. The van der Waals surface area contributed by atoms with Gasteiger partial charge in [0.05, 0.1) is 31.6 Å². The van der Waals surface area contributed by atoms with Gasteiger partial charge in [0.15, 0.2) is 0 Å². The number of hydrogen-bond donors (Lipinski definition) is 5. The summed E-state index contributed by atoms with van der Waals surface area (Å²) in [7, 11) is -3.56. The maximum atomic E-state index is 12.4. The lowest BCUT2D eigenvalue weighted by molar-refractivity contribution is -0.199. The zero-order valence-corrected chi connectivity index (χ0v) is 12.4. The molecule has 6 atom stereocenters. The molecule has 1 aliphatic carbocycles. The standard InChI is InChI=1S/C11H23O8P/c1-3-18-20(17,19-4-2)5-6-7(12)9(14)11(16)10(15)8(6)13/h6-16H,3-5H2,1-2H3/t6?,7-,8-,9-,10+,11?/m1/s1. The molecule has 5 N–H and O–H groups in total. The highest BCUT2D eigenvalue weighted by atomic mass is 31.2. The van der Waals surface area contributed by atoms with E-state index in [0.717, 1.165) is 0 Å². The molecule has 120 valence electrons. The summed E-state index contributed by atoms with van der Waals surface area (Å²) in [6.45, 7) is 3.47. The third-order valence-corrected chi connectivity index (χ3v) is 5.54. The zero-order valence-electron chi connectivity index (χ0n) is 11.5. The Hall–Kier alpha value is -0.0500. The Kier molecular flexibility index (Phi) is 6.56. The van der Waals surface area contributed by atoms with Crippen LogP contribution in [-0.2, 0) is 13.6 Å². The molecule has 0 aromatic rings. The van der Waals surface area contributed by atoms with Gasteiger partial charge in [-0.05, 0) is 13.8 Å². The largest absolute Gasteiger partial charge is 0.390 e. The van der Waals surface area contributed by atoms with Crippen LogP contribution >= 0.6 is 7.60 Å². The molecule has 1 aliphatic rings.